The minimum absolute atomic E-state index is 0.0200. The van der Waals surface area contributed by atoms with E-state index in [1.54, 1.807) is 44.6 Å². The summed E-state index contributed by atoms with van der Waals surface area (Å²) in [6.45, 7) is 11.4. The standard InChI is InChI=1S/C54H48F4N10O4/c1-7-51(5,69)41-25-70-48(63-41)37-22-60-24-40(62-37)54-17-15-30(50(54,3)4)29-19-35(66-68-47(29)54)44-33(57)12-13-38(45(44)58)72-52(6,8-2)42-26-71-49(64-42)36-21-59-23-39(61-36)53-16-14-27(20-53)28-18-34(65-67-46(28)53)43-31(55)10-9-11-32(43)56/h9-13,18-19,21-27,30,69H,7-8,14-17,20H2,1-6H3/t27-,30+,51?,52+,53+,54+/m1/s1. The van der Waals surface area contributed by atoms with E-state index >= 15 is 8.78 Å². The Kier molecular flexibility index (Phi) is 10.2. The van der Waals surface area contributed by atoms with Crippen LogP contribution in [-0.2, 0) is 22.0 Å². The maximum Gasteiger partial charge on any atom is 0.247 e. The van der Waals surface area contributed by atoms with Crippen molar-refractivity contribution in [2.75, 3.05) is 0 Å². The Morgan fingerprint density at radius 3 is 2.01 bits per heavy atom. The first kappa shape index (κ1) is 45.8. The second-order valence-electron chi connectivity index (χ2n) is 20.6. The van der Waals surface area contributed by atoms with Gasteiger partial charge in [0.25, 0.3) is 0 Å². The number of hydrogen-bond donors (Lipinski definition) is 1. The number of ether oxygens (including phenoxy) is 1. The van der Waals surface area contributed by atoms with Crippen LogP contribution in [0.5, 0.6) is 5.75 Å². The summed E-state index contributed by atoms with van der Waals surface area (Å²) in [5.74, 6) is -2.99. The maximum atomic E-state index is 16.9. The molecule has 14 nitrogen and oxygen atoms in total. The fourth-order valence-corrected chi connectivity index (χ4v) is 12.1. The monoisotopic (exact) mass is 976 g/mol. The molecule has 0 aliphatic heterocycles. The predicted molar refractivity (Wildman–Crippen MR) is 252 cm³/mol. The molecule has 6 atom stereocenters. The fraction of sp³-hybridized carbons (Fsp3) is 0.370. The largest absolute Gasteiger partial charge is 0.478 e. The van der Waals surface area contributed by atoms with Crippen LogP contribution in [-0.4, -0.2) is 55.4 Å². The van der Waals surface area contributed by atoms with Gasteiger partial charge in [-0.15, -0.1) is 10.2 Å². The van der Waals surface area contributed by atoms with Crippen LogP contribution in [0.3, 0.4) is 0 Å². The molecule has 0 radical (unpaired) electrons. The van der Waals surface area contributed by atoms with Gasteiger partial charge in [-0.25, -0.2) is 37.5 Å². The van der Waals surface area contributed by atoms with Gasteiger partial charge in [0, 0.05) is 12.4 Å². The topological polar surface area (TPSA) is 185 Å². The Labute approximate surface area is 410 Å². The number of aromatic nitrogens is 10. The number of nitrogens with zero attached hydrogens (tertiary/aromatic N) is 10. The molecule has 6 heterocycles. The molecule has 4 aliphatic rings. The molecule has 2 saturated carbocycles. The van der Waals surface area contributed by atoms with Crippen molar-refractivity contribution in [3.8, 4) is 51.4 Å². The van der Waals surface area contributed by atoms with Crippen molar-refractivity contribution in [2.24, 2.45) is 5.41 Å². The van der Waals surface area contributed by atoms with Gasteiger partial charge in [-0.2, -0.15) is 10.2 Å². The van der Waals surface area contributed by atoms with E-state index in [1.807, 2.05) is 13.8 Å². The summed E-state index contributed by atoms with van der Waals surface area (Å²) in [7, 11) is 0. The first-order valence-corrected chi connectivity index (χ1v) is 24.2. The van der Waals surface area contributed by atoms with E-state index in [9.17, 15) is 13.9 Å². The van der Waals surface area contributed by atoms with Crippen LogP contribution < -0.4 is 4.74 Å². The number of hydrogen-bond acceptors (Lipinski definition) is 14. The zero-order valence-electron chi connectivity index (χ0n) is 40.3. The lowest BCUT2D eigenvalue weighted by Gasteiger charge is -2.37. The number of rotatable bonds is 12. The zero-order valence-corrected chi connectivity index (χ0v) is 40.3. The molecule has 0 amide bonds. The number of halogens is 4. The average Bonchev–Trinajstić information content (AvgIpc) is 4.26. The molecule has 6 aromatic heterocycles. The molecule has 1 unspecified atom stereocenters. The van der Waals surface area contributed by atoms with Crippen molar-refractivity contribution in [2.45, 2.75) is 120 Å². The molecule has 2 fully saturated rings. The lowest BCUT2D eigenvalue weighted by atomic mass is 9.66. The number of benzene rings is 2. The van der Waals surface area contributed by atoms with Crippen molar-refractivity contribution in [3.63, 3.8) is 0 Å². The molecular formula is C54H48F4N10O4. The predicted octanol–water partition coefficient (Wildman–Crippen LogP) is 11.1. The minimum atomic E-state index is -1.26. The van der Waals surface area contributed by atoms with Crippen molar-refractivity contribution in [3.05, 3.63) is 148 Å². The van der Waals surface area contributed by atoms with E-state index in [1.165, 1.54) is 43.0 Å². The normalized spacial score (nSPS) is 22.9. The van der Waals surface area contributed by atoms with Gasteiger partial charge < -0.3 is 18.7 Å². The van der Waals surface area contributed by atoms with E-state index in [-0.39, 0.29) is 51.9 Å². The van der Waals surface area contributed by atoms with Gasteiger partial charge in [-0.3, -0.25) is 9.97 Å². The summed E-state index contributed by atoms with van der Waals surface area (Å²) in [5, 5.41) is 28.9. The first-order chi connectivity index (χ1) is 34.5. The van der Waals surface area contributed by atoms with Gasteiger partial charge in [-0.05, 0) is 124 Å². The third-order valence-corrected chi connectivity index (χ3v) is 16.6. The van der Waals surface area contributed by atoms with Gasteiger partial charge in [-0.1, -0.05) is 33.8 Å². The summed E-state index contributed by atoms with van der Waals surface area (Å²) in [4.78, 5) is 28.4. The highest BCUT2D eigenvalue weighted by molar-refractivity contribution is 5.67. The molecule has 4 aliphatic carbocycles. The van der Waals surface area contributed by atoms with Crippen LogP contribution in [0.1, 0.15) is 144 Å². The SMILES string of the molecule is CCC(C)(O)c1coc(-c2cncc([C@@]34CC[C@@H](c5cc(-c6c(F)ccc(O[C@@](C)(CC)c7coc(-c8cncc([C@]9%10CC[C@H](C9)c9cc(-c%11c(F)cccc%11F)nnc9%10)n8)n7)c6F)nnc53)C4(C)C)n2)n1. The molecule has 8 aromatic rings. The van der Waals surface area contributed by atoms with Gasteiger partial charge in [0.15, 0.2) is 17.2 Å². The highest BCUT2D eigenvalue weighted by atomic mass is 19.1. The molecule has 2 aromatic carbocycles. The second kappa shape index (κ2) is 16.1. The van der Waals surface area contributed by atoms with Crippen LogP contribution in [0.25, 0.3) is 45.7 Å². The lowest BCUT2D eigenvalue weighted by Crippen LogP contribution is -2.38. The minimum Gasteiger partial charge on any atom is -0.478 e. The van der Waals surface area contributed by atoms with E-state index in [4.69, 9.17) is 33.6 Å². The van der Waals surface area contributed by atoms with Gasteiger partial charge in [0.2, 0.25) is 11.8 Å². The maximum absolute atomic E-state index is 16.9. The van der Waals surface area contributed by atoms with Crippen LogP contribution in [0.15, 0.2) is 88.6 Å². The Morgan fingerprint density at radius 1 is 0.681 bits per heavy atom. The molecule has 0 spiro atoms. The fourth-order valence-electron chi connectivity index (χ4n) is 12.1. The number of oxazole rings is 2. The highest BCUT2D eigenvalue weighted by Gasteiger charge is 2.65. The van der Waals surface area contributed by atoms with Crippen molar-refractivity contribution in [1.29, 1.82) is 0 Å². The van der Waals surface area contributed by atoms with E-state index in [2.05, 4.69) is 44.1 Å². The quantitative estimate of drug-likeness (QED) is 0.114. The number of fused-ring (bicyclic) bond motifs is 10. The molecule has 366 valence electrons. The van der Waals surface area contributed by atoms with Crippen molar-refractivity contribution < 1.29 is 36.2 Å². The van der Waals surface area contributed by atoms with E-state index < -0.39 is 50.7 Å². The molecule has 4 bridgehead atoms. The average molecular weight is 977 g/mol. The summed E-state index contributed by atoms with van der Waals surface area (Å²) >= 11 is 0. The summed E-state index contributed by atoms with van der Waals surface area (Å²) in [6.07, 6.45) is 13.8. The summed E-state index contributed by atoms with van der Waals surface area (Å²) < 4.78 is 80.6. The van der Waals surface area contributed by atoms with Crippen molar-refractivity contribution in [1.82, 2.24) is 50.3 Å². The smallest absolute Gasteiger partial charge is 0.247 e. The third-order valence-electron chi connectivity index (χ3n) is 16.6. The summed E-state index contributed by atoms with van der Waals surface area (Å²) in [6, 6.07) is 9.58. The Bertz CT molecular complexity index is 3490. The second-order valence-corrected chi connectivity index (χ2v) is 20.6. The molecular weight excluding hydrogens is 929 g/mol. The molecule has 18 heteroatoms. The lowest BCUT2D eigenvalue weighted by molar-refractivity contribution is 0.0484. The zero-order chi connectivity index (χ0) is 50.1. The summed E-state index contributed by atoms with van der Waals surface area (Å²) in [5.41, 5.74) is 1.19. The third kappa shape index (κ3) is 6.55. The Balaban J connectivity index is 0.824. The molecule has 1 N–H and O–H groups in total. The van der Waals surface area contributed by atoms with Gasteiger partial charge in [0.05, 0.1) is 68.5 Å². The highest BCUT2D eigenvalue weighted by Crippen LogP contribution is 2.69. The van der Waals surface area contributed by atoms with Gasteiger partial charge >= 0.3 is 0 Å². The van der Waals surface area contributed by atoms with Crippen LogP contribution in [0.2, 0.25) is 0 Å². The van der Waals surface area contributed by atoms with Crippen LogP contribution >= 0.6 is 0 Å². The molecule has 0 saturated heterocycles. The molecule has 12 rings (SSSR count). The van der Waals surface area contributed by atoms with Gasteiger partial charge in [0.1, 0.15) is 58.4 Å². The van der Waals surface area contributed by atoms with E-state index in [0.29, 0.717) is 71.2 Å². The molecule has 72 heavy (non-hydrogen) atoms. The Morgan fingerprint density at radius 2 is 1.31 bits per heavy atom. The van der Waals surface area contributed by atoms with Crippen LogP contribution in [0, 0.1) is 28.7 Å². The van der Waals surface area contributed by atoms with Crippen molar-refractivity contribution >= 4 is 0 Å². The van der Waals surface area contributed by atoms with Crippen LogP contribution in [0.4, 0.5) is 17.6 Å². The Hall–Kier alpha value is -7.34. The van der Waals surface area contributed by atoms with E-state index in [0.717, 1.165) is 36.5 Å². The number of aliphatic hydroxyl groups is 1. The first-order valence-electron chi connectivity index (χ1n) is 24.2.